The molecule has 0 spiro atoms. The molecule has 3 aromatic rings. The fourth-order valence-electron chi connectivity index (χ4n) is 3.86. The second-order valence-corrected chi connectivity index (χ2v) is 8.21. The van der Waals surface area contributed by atoms with E-state index in [9.17, 15) is 26.7 Å². The van der Waals surface area contributed by atoms with E-state index in [0.29, 0.717) is 28.1 Å². The summed E-state index contributed by atoms with van der Waals surface area (Å²) in [5.74, 6) is 0.685. The third-order valence-corrected chi connectivity index (χ3v) is 5.70. The van der Waals surface area contributed by atoms with Crippen molar-refractivity contribution in [2.24, 2.45) is 0 Å². The first-order valence-corrected chi connectivity index (χ1v) is 10.1. The van der Waals surface area contributed by atoms with Crippen molar-refractivity contribution in [3.63, 3.8) is 0 Å². The molecular formula is C22H21F5N4O. The summed E-state index contributed by atoms with van der Waals surface area (Å²) in [5.41, 5.74) is -1.02. The minimum Gasteiger partial charge on any atom is -0.363 e. The van der Waals surface area contributed by atoms with Gasteiger partial charge in [-0.1, -0.05) is 24.3 Å². The van der Waals surface area contributed by atoms with Gasteiger partial charge >= 0.3 is 6.18 Å². The minimum absolute atomic E-state index is 0.133. The standard InChI is InChI=1S/C22H21F5N4O/c1-12(15-5-3-4-14(8-15)10-22(25,26)27)28-19-16-11-31(21(6-7-21)20(23)24)18(32)9-17(16)29-13(2)30-19/h3-5,8-9,11-12,20H,6-7,10H2,1-2H3,(H,28,29,30). The maximum absolute atomic E-state index is 13.6. The third kappa shape index (κ3) is 4.31. The zero-order valence-electron chi connectivity index (χ0n) is 17.4. The van der Waals surface area contributed by atoms with Crippen LogP contribution in [0.5, 0.6) is 0 Å². The van der Waals surface area contributed by atoms with Crippen LogP contribution in [0.1, 0.15) is 42.8 Å². The summed E-state index contributed by atoms with van der Waals surface area (Å²) in [6.45, 7) is 3.39. The van der Waals surface area contributed by atoms with Gasteiger partial charge in [0.2, 0.25) is 0 Å². The highest BCUT2D eigenvalue weighted by atomic mass is 19.4. The number of halogens is 5. The minimum atomic E-state index is -4.32. The molecule has 1 atom stereocenters. The van der Waals surface area contributed by atoms with Crippen LogP contribution in [-0.4, -0.2) is 27.1 Å². The monoisotopic (exact) mass is 452 g/mol. The van der Waals surface area contributed by atoms with Crippen LogP contribution in [0.2, 0.25) is 0 Å². The highest BCUT2D eigenvalue weighted by Gasteiger charge is 2.53. The Hall–Kier alpha value is -3.04. The van der Waals surface area contributed by atoms with Crippen LogP contribution in [0.15, 0.2) is 41.3 Å². The van der Waals surface area contributed by atoms with Crippen molar-refractivity contribution in [1.82, 2.24) is 14.5 Å². The van der Waals surface area contributed by atoms with Crippen molar-refractivity contribution >= 4 is 16.7 Å². The van der Waals surface area contributed by atoms with Gasteiger partial charge in [0, 0.05) is 18.3 Å². The number of pyridine rings is 1. The van der Waals surface area contributed by atoms with Crippen molar-refractivity contribution in [1.29, 1.82) is 0 Å². The number of hydrogen-bond donors (Lipinski definition) is 1. The van der Waals surface area contributed by atoms with Gasteiger partial charge in [-0.15, -0.1) is 0 Å². The molecule has 0 aliphatic heterocycles. The van der Waals surface area contributed by atoms with E-state index in [1.165, 1.54) is 24.4 Å². The van der Waals surface area contributed by atoms with E-state index >= 15 is 0 Å². The molecule has 2 heterocycles. The van der Waals surface area contributed by atoms with Crippen molar-refractivity contribution in [3.05, 3.63) is 63.8 Å². The van der Waals surface area contributed by atoms with Crippen molar-refractivity contribution in [3.8, 4) is 0 Å². The number of benzene rings is 1. The molecule has 5 nitrogen and oxygen atoms in total. The van der Waals surface area contributed by atoms with Crippen LogP contribution in [0, 0.1) is 6.92 Å². The first kappa shape index (κ1) is 22.2. The van der Waals surface area contributed by atoms with Crippen molar-refractivity contribution in [2.75, 3.05) is 5.32 Å². The smallest absolute Gasteiger partial charge is 0.363 e. The van der Waals surface area contributed by atoms with Crippen LogP contribution in [0.4, 0.5) is 27.8 Å². The van der Waals surface area contributed by atoms with Gasteiger partial charge in [-0.25, -0.2) is 18.7 Å². The number of aromatic nitrogens is 3. The topological polar surface area (TPSA) is 59.8 Å². The van der Waals surface area contributed by atoms with E-state index in [-0.39, 0.29) is 18.4 Å². The zero-order chi connectivity index (χ0) is 23.3. The molecule has 1 aliphatic rings. The fraction of sp³-hybridized carbons (Fsp3) is 0.409. The first-order valence-electron chi connectivity index (χ1n) is 10.1. The van der Waals surface area contributed by atoms with Gasteiger partial charge in [-0.2, -0.15) is 13.2 Å². The lowest BCUT2D eigenvalue weighted by Crippen LogP contribution is -2.35. The first-order chi connectivity index (χ1) is 15.0. The summed E-state index contributed by atoms with van der Waals surface area (Å²) < 4.78 is 66.5. The molecule has 1 N–H and O–H groups in total. The zero-order valence-corrected chi connectivity index (χ0v) is 17.4. The summed E-state index contributed by atoms with van der Waals surface area (Å²) in [5, 5.41) is 3.53. The fourth-order valence-corrected chi connectivity index (χ4v) is 3.86. The second-order valence-electron chi connectivity index (χ2n) is 8.21. The Kier molecular flexibility index (Phi) is 5.42. The maximum atomic E-state index is 13.6. The number of hydrogen-bond acceptors (Lipinski definition) is 4. The van der Waals surface area contributed by atoms with Gasteiger partial charge in [0.15, 0.2) is 0 Å². The van der Waals surface area contributed by atoms with Crippen LogP contribution >= 0.6 is 0 Å². The lowest BCUT2D eigenvalue weighted by atomic mass is 10.0. The van der Waals surface area contributed by atoms with Crippen molar-refractivity contribution in [2.45, 2.75) is 57.3 Å². The molecule has 10 heteroatoms. The van der Waals surface area contributed by atoms with Crippen LogP contribution in [0.3, 0.4) is 0 Å². The number of nitrogens with zero attached hydrogens (tertiary/aromatic N) is 3. The van der Waals surface area contributed by atoms with E-state index in [0.717, 1.165) is 4.57 Å². The lowest BCUT2D eigenvalue weighted by Gasteiger charge is -2.21. The van der Waals surface area contributed by atoms with Crippen molar-refractivity contribution < 1.29 is 22.0 Å². The molecule has 2 aromatic heterocycles. The average Bonchev–Trinajstić information content (AvgIpc) is 3.48. The van der Waals surface area contributed by atoms with E-state index in [2.05, 4.69) is 15.3 Å². The summed E-state index contributed by atoms with van der Waals surface area (Å²) in [6, 6.07) is 6.89. The predicted molar refractivity (Wildman–Crippen MR) is 110 cm³/mol. The third-order valence-electron chi connectivity index (χ3n) is 5.70. The molecule has 0 bridgehead atoms. The van der Waals surface area contributed by atoms with E-state index in [4.69, 9.17) is 0 Å². The average molecular weight is 452 g/mol. The summed E-state index contributed by atoms with van der Waals surface area (Å²) in [6.07, 6.45) is -6.28. The molecular weight excluding hydrogens is 431 g/mol. The van der Waals surface area contributed by atoms with Gasteiger partial charge < -0.3 is 9.88 Å². The quantitative estimate of drug-likeness (QED) is 0.527. The number of alkyl halides is 5. The molecule has 1 saturated carbocycles. The van der Waals surface area contributed by atoms with Gasteiger partial charge in [0.25, 0.3) is 12.0 Å². The van der Waals surface area contributed by atoms with Gasteiger partial charge in [-0.05, 0) is 37.8 Å². The molecule has 0 radical (unpaired) electrons. The molecule has 1 aliphatic carbocycles. The van der Waals surface area contributed by atoms with E-state index in [1.807, 2.05) is 0 Å². The van der Waals surface area contributed by atoms with Gasteiger partial charge in [-0.3, -0.25) is 4.79 Å². The number of nitrogens with one attached hydrogen (secondary N) is 1. The highest BCUT2D eigenvalue weighted by molar-refractivity contribution is 5.88. The Morgan fingerprint density at radius 2 is 1.91 bits per heavy atom. The Morgan fingerprint density at radius 3 is 2.53 bits per heavy atom. The maximum Gasteiger partial charge on any atom is 0.393 e. The predicted octanol–water partition coefficient (Wildman–Crippen LogP) is 5.13. The normalized spacial score (nSPS) is 16.4. The summed E-state index contributed by atoms with van der Waals surface area (Å²) >= 11 is 0. The molecule has 4 rings (SSSR count). The summed E-state index contributed by atoms with van der Waals surface area (Å²) in [4.78, 5) is 21.1. The Morgan fingerprint density at radius 1 is 1.19 bits per heavy atom. The highest BCUT2D eigenvalue weighted by Crippen LogP contribution is 2.48. The molecule has 170 valence electrons. The Balaban J connectivity index is 1.71. The Bertz CT molecular complexity index is 1220. The van der Waals surface area contributed by atoms with Crippen LogP contribution in [0.25, 0.3) is 10.9 Å². The largest absolute Gasteiger partial charge is 0.393 e. The van der Waals surface area contributed by atoms with E-state index < -0.39 is 36.2 Å². The molecule has 1 unspecified atom stereocenters. The number of anilines is 1. The molecule has 1 fully saturated rings. The van der Waals surface area contributed by atoms with Crippen LogP contribution < -0.4 is 10.9 Å². The second kappa shape index (κ2) is 7.83. The Labute approximate surface area is 180 Å². The SMILES string of the molecule is Cc1nc(NC(C)c2cccc(CC(F)(F)F)c2)c2cn(C3(C(F)F)CC3)c(=O)cc2n1. The van der Waals surface area contributed by atoms with E-state index in [1.54, 1.807) is 26.0 Å². The van der Waals surface area contributed by atoms with Crippen LogP contribution in [-0.2, 0) is 12.0 Å². The van der Waals surface area contributed by atoms with Gasteiger partial charge in [0.1, 0.15) is 17.2 Å². The molecule has 1 aromatic carbocycles. The number of rotatable bonds is 6. The number of fused-ring (bicyclic) bond motifs is 1. The number of aryl methyl sites for hydroxylation is 1. The summed E-state index contributed by atoms with van der Waals surface area (Å²) in [7, 11) is 0. The molecule has 0 amide bonds. The van der Waals surface area contributed by atoms with Gasteiger partial charge in [0.05, 0.1) is 17.3 Å². The molecule has 32 heavy (non-hydrogen) atoms. The molecule has 0 saturated heterocycles. The lowest BCUT2D eigenvalue weighted by molar-refractivity contribution is -0.127.